The van der Waals surface area contributed by atoms with Crippen LogP contribution in [-0.4, -0.2) is 12.3 Å². The van der Waals surface area contributed by atoms with E-state index in [-0.39, 0.29) is 11.2 Å². The minimum absolute atomic E-state index is 0.181. The molecule has 0 aromatic carbocycles. The molecule has 2 N–H and O–H groups in total. The Hall–Kier alpha value is -0.630. The summed E-state index contributed by atoms with van der Waals surface area (Å²) in [7, 11) is 0. The molecule has 0 atom stereocenters. The number of carbonyl (C=O) groups is 1. The molecule has 13 heavy (non-hydrogen) atoms. The van der Waals surface area contributed by atoms with Gasteiger partial charge in [-0.05, 0) is 32.8 Å². The van der Waals surface area contributed by atoms with Gasteiger partial charge < -0.3 is 5.73 Å². The minimum Gasteiger partial charge on any atom is -0.329 e. The Morgan fingerprint density at radius 3 is 2.00 bits per heavy atom. The molecular formula is C11H21NO. The van der Waals surface area contributed by atoms with E-state index in [2.05, 4.69) is 0 Å². The Morgan fingerprint density at radius 2 is 1.77 bits per heavy atom. The van der Waals surface area contributed by atoms with Crippen molar-refractivity contribution in [3.63, 3.8) is 0 Å². The largest absolute Gasteiger partial charge is 0.329 e. The lowest BCUT2D eigenvalue weighted by Gasteiger charge is -2.26. The van der Waals surface area contributed by atoms with Crippen molar-refractivity contribution in [2.45, 2.75) is 40.5 Å². The van der Waals surface area contributed by atoms with Crippen LogP contribution in [0.15, 0.2) is 11.6 Å². The standard InChI is InChI=1S/C11H21NO/c1-5-11(6-2,8-12)10(13)7-9(3)4/h7H,5-6,8,12H2,1-4H3. The quantitative estimate of drug-likeness (QED) is 0.664. The van der Waals surface area contributed by atoms with Crippen LogP contribution in [0.1, 0.15) is 40.5 Å². The summed E-state index contributed by atoms with van der Waals surface area (Å²) in [6, 6.07) is 0. The maximum Gasteiger partial charge on any atom is 0.162 e. The van der Waals surface area contributed by atoms with Gasteiger partial charge in [0.2, 0.25) is 0 Å². The van der Waals surface area contributed by atoms with Crippen molar-refractivity contribution in [2.24, 2.45) is 11.1 Å². The molecule has 0 aromatic rings. The molecule has 0 spiro atoms. The fraction of sp³-hybridized carbons (Fsp3) is 0.727. The molecule has 0 amide bonds. The summed E-state index contributed by atoms with van der Waals surface area (Å²) in [5, 5.41) is 0. The van der Waals surface area contributed by atoms with Gasteiger partial charge in [0.1, 0.15) is 0 Å². The van der Waals surface area contributed by atoms with Crippen LogP contribution in [0.2, 0.25) is 0 Å². The van der Waals surface area contributed by atoms with Gasteiger partial charge in [-0.3, -0.25) is 4.79 Å². The van der Waals surface area contributed by atoms with E-state index in [1.165, 1.54) is 0 Å². The Labute approximate surface area is 81.2 Å². The monoisotopic (exact) mass is 183 g/mol. The van der Waals surface area contributed by atoms with Crippen LogP contribution in [0, 0.1) is 5.41 Å². The zero-order chi connectivity index (χ0) is 10.5. The first-order valence-corrected chi connectivity index (χ1v) is 4.91. The highest BCUT2D eigenvalue weighted by Crippen LogP contribution is 2.26. The minimum atomic E-state index is -0.322. The average molecular weight is 183 g/mol. The van der Waals surface area contributed by atoms with Crippen LogP contribution in [0.5, 0.6) is 0 Å². The molecule has 2 nitrogen and oxygen atoms in total. The van der Waals surface area contributed by atoms with E-state index in [0.717, 1.165) is 18.4 Å². The predicted molar refractivity (Wildman–Crippen MR) is 56.5 cm³/mol. The van der Waals surface area contributed by atoms with E-state index in [0.29, 0.717) is 6.54 Å². The van der Waals surface area contributed by atoms with Crippen molar-refractivity contribution in [1.29, 1.82) is 0 Å². The van der Waals surface area contributed by atoms with Gasteiger partial charge >= 0.3 is 0 Å². The van der Waals surface area contributed by atoms with E-state index >= 15 is 0 Å². The molecule has 76 valence electrons. The summed E-state index contributed by atoms with van der Waals surface area (Å²) in [5.74, 6) is 0.181. The SMILES string of the molecule is CCC(CC)(CN)C(=O)C=C(C)C. The molecule has 0 fully saturated rings. The molecule has 2 heteroatoms. The normalized spacial score (nSPS) is 11.2. The average Bonchev–Trinajstić information content (AvgIpc) is 2.07. The predicted octanol–water partition coefficient (Wildman–Crippen LogP) is 2.29. The van der Waals surface area contributed by atoms with Gasteiger partial charge in [0, 0.05) is 12.0 Å². The molecule has 0 aliphatic rings. The molecule has 0 heterocycles. The molecule has 0 aliphatic carbocycles. The van der Waals surface area contributed by atoms with Gasteiger partial charge in [0.25, 0.3) is 0 Å². The number of rotatable bonds is 5. The maximum atomic E-state index is 11.8. The molecule has 0 saturated heterocycles. The molecular weight excluding hydrogens is 162 g/mol. The Morgan fingerprint density at radius 1 is 1.31 bits per heavy atom. The van der Waals surface area contributed by atoms with E-state index in [9.17, 15) is 4.79 Å². The lowest BCUT2D eigenvalue weighted by Crippen LogP contribution is -2.36. The first-order chi connectivity index (χ1) is 6.02. The lowest BCUT2D eigenvalue weighted by atomic mass is 9.78. The number of carbonyl (C=O) groups excluding carboxylic acids is 1. The molecule has 0 radical (unpaired) electrons. The molecule has 0 aromatic heterocycles. The zero-order valence-corrected chi connectivity index (χ0v) is 9.18. The van der Waals surface area contributed by atoms with Gasteiger partial charge in [-0.1, -0.05) is 19.4 Å². The molecule has 0 unspecified atom stereocenters. The summed E-state index contributed by atoms with van der Waals surface area (Å²) in [5.41, 5.74) is 6.38. The number of ketones is 1. The topological polar surface area (TPSA) is 43.1 Å². The lowest BCUT2D eigenvalue weighted by molar-refractivity contribution is -0.123. The Bertz CT molecular complexity index is 190. The van der Waals surface area contributed by atoms with Crippen LogP contribution >= 0.6 is 0 Å². The summed E-state index contributed by atoms with van der Waals surface area (Å²) in [4.78, 5) is 11.8. The summed E-state index contributed by atoms with van der Waals surface area (Å²) >= 11 is 0. The van der Waals surface area contributed by atoms with Crippen LogP contribution in [0.4, 0.5) is 0 Å². The first-order valence-electron chi connectivity index (χ1n) is 4.91. The van der Waals surface area contributed by atoms with Crippen LogP contribution < -0.4 is 5.73 Å². The van der Waals surface area contributed by atoms with Gasteiger partial charge in [-0.2, -0.15) is 0 Å². The van der Waals surface area contributed by atoms with Gasteiger partial charge in [0.15, 0.2) is 5.78 Å². The smallest absolute Gasteiger partial charge is 0.162 e. The van der Waals surface area contributed by atoms with E-state index in [4.69, 9.17) is 5.73 Å². The second-order valence-corrected chi connectivity index (χ2v) is 3.78. The fourth-order valence-electron chi connectivity index (χ4n) is 1.40. The number of nitrogens with two attached hydrogens (primary N) is 1. The second kappa shape index (κ2) is 5.18. The van der Waals surface area contributed by atoms with Crippen molar-refractivity contribution < 1.29 is 4.79 Å². The highest BCUT2D eigenvalue weighted by Gasteiger charge is 2.31. The highest BCUT2D eigenvalue weighted by molar-refractivity contribution is 5.95. The molecule has 0 rings (SSSR count). The first kappa shape index (κ1) is 12.4. The van der Waals surface area contributed by atoms with Crippen molar-refractivity contribution >= 4 is 5.78 Å². The van der Waals surface area contributed by atoms with Gasteiger partial charge in [0.05, 0.1) is 0 Å². The third kappa shape index (κ3) is 2.96. The number of hydrogen-bond acceptors (Lipinski definition) is 2. The van der Waals surface area contributed by atoms with E-state index in [1.54, 1.807) is 6.08 Å². The van der Waals surface area contributed by atoms with Crippen molar-refractivity contribution in [2.75, 3.05) is 6.54 Å². The van der Waals surface area contributed by atoms with E-state index in [1.807, 2.05) is 27.7 Å². The van der Waals surface area contributed by atoms with Crippen LogP contribution in [0.25, 0.3) is 0 Å². The van der Waals surface area contributed by atoms with E-state index < -0.39 is 0 Å². The third-order valence-electron chi connectivity index (χ3n) is 2.69. The van der Waals surface area contributed by atoms with Gasteiger partial charge in [-0.15, -0.1) is 0 Å². The number of allylic oxidation sites excluding steroid dienone is 2. The second-order valence-electron chi connectivity index (χ2n) is 3.78. The van der Waals surface area contributed by atoms with Crippen molar-refractivity contribution in [1.82, 2.24) is 0 Å². The molecule has 0 aliphatic heterocycles. The number of hydrogen-bond donors (Lipinski definition) is 1. The van der Waals surface area contributed by atoms with Gasteiger partial charge in [-0.25, -0.2) is 0 Å². The summed E-state index contributed by atoms with van der Waals surface area (Å²) in [6.07, 6.45) is 3.35. The zero-order valence-electron chi connectivity index (χ0n) is 9.18. The van der Waals surface area contributed by atoms with Crippen LogP contribution in [-0.2, 0) is 4.79 Å². The fourth-order valence-corrected chi connectivity index (χ4v) is 1.40. The van der Waals surface area contributed by atoms with Crippen LogP contribution in [0.3, 0.4) is 0 Å². The Kier molecular flexibility index (Phi) is 4.92. The van der Waals surface area contributed by atoms with Crippen molar-refractivity contribution in [3.05, 3.63) is 11.6 Å². The maximum absolute atomic E-state index is 11.8. The van der Waals surface area contributed by atoms with Crippen molar-refractivity contribution in [3.8, 4) is 0 Å². The highest BCUT2D eigenvalue weighted by atomic mass is 16.1. The summed E-state index contributed by atoms with van der Waals surface area (Å²) < 4.78 is 0. The molecule has 0 bridgehead atoms. The molecule has 0 saturated carbocycles. The third-order valence-corrected chi connectivity index (χ3v) is 2.69. The Balaban J connectivity index is 4.74. The summed E-state index contributed by atoms with van der Waals surface area (Å²) in [6.45, 7) is 8.36.